The minimum atomic E-state index is 0. The molecular weight excluding hydrogens is 282 g/mol. The highest BCUT2D eigenvalue weighted by Gasteiger charge is 2.39. The monoisotopic (exact) mass is 307 g/mol. The third-order valence-corrected chi connectivity index (χ3v) is 5.14. The molecule has 0 bridgehead atoms. The Bertz CT molecular complexity index is 279. The van der Waals surface area contributed by atoms with Crippen LogP contribution >= 0.6 is 24.2 Å². The molecule has 0 unspecified atom stereocenters. The molecule has 3 N–H and O–H groups in total. The van der Waals surface area contributed by atoms with Crippen molar-refractivity contribution in [1.82, 2.24) is 10.2 Å². The van der Waals surface area contributed by atoms with Crippen LogP contribution in [-0.4, -0.2) is 54.0 Å². The average Bonchev–Trinajstić information content (AvgIpc) is 2.88. The van der Waals surface area contributed by atoms with Crippen LogP contribution in [0.5, 0.6) is 0 Å². The lowest BCUT2D eigenvalue weighted by Crippen LogP contribution is -2.56. The first-order chi connectivity index (χ1) is 8.77. The summed E-state index contributed by atoms with van der Waals surface area (Å²) >= 11 is 2.04. The number of rotatable bonds is 5. The second kappa shape index (κ2) is 8.35. The molecule has 6 heteroatoms. The van der Waals surface area contributed by atoms with Gasteiger partial charge in [-0.1, -0.05) is 12.8 Å². The van der Waals surface area contributed by atoms with Gasteiger partial charge in [0.25, 0.3) is 0 Å². The molecule has 4 nitrogen and oxygen atoms in total. The van der Waals surface area contributed by atoms with Crippen LogP contribution in [0.25, 0.3) is 0 Å². The first kappa shape index (κ1) is 17.1. The SMILES string of the molecule is Cl.NCCC(=O)NCC1(N2CCSCC2)CCCC1. The van der Waals surface area contributed by atoms with Crippen molar-refractivity contribution in [2.75, 3.05) is 37.7 Å². The number of thioether (sulfide) groups is 1. The molecular formula is C13H26ClN3OS. The van der Waals surface area contributed by atoms with Crippen molar-refractivity contribution in [2.45, 2.75) is 37.6 Å². The van der Waals surface area contributed by atoms with Gasteiger partial charge in [0.15, 0.2) is 0 Å². The summed E-state index contributed by atoms with van der Waals surface area (Å²) in [7, 11) is 0. The molecule has 19 heavy (non-hydrogen) atoms. The van der Waals surface area contributed by atoms with Gasteiger partial charge in [-0.15, -0.1) is 12.4 Å². The van der Waals surface area contributed by atoms with Crippen LogP contribution in [0.1, 0.15) is 32.1 Å². The zero-order valence-electron chi connectivity index (χ0n) is 11.5. The van der Waals surface area contributed by atoms with Gasteiger partial charge in [0.05, 0.1) is 0 Å². The summed E-state index contributed by atoms with van der Waals surface area (Å²) in [6.45, 7) is 3.62. The van der Waals surface area contributed by atoms with Gasteiger partial charge in [-0.05, 0) is 12.8 Å². The summed E-state index contributed by atoms with van der Waals surface area (Å²) < 4.78 is 0. The van der Waals surface area contributed by atoms with Gasteiger partial charge in [0.2, 0.25) is 5.91 Å². The molecule has 0 aromatic rings. The molecule has 1 saturated carbocycles. The van der Waals surface area contributed by atoms with E-state index in [1.807, 2.05) is 11.8 Å². The van der Waals surface area contributed by atoms with Gasteiger partial charge < -0.3 is 11.1 Å². The van der Waals surface area contributed by atoms with E-state index >= 15 is 0 Å². The lowest BCUT2D eigenvalue weighted by molar-refractivity contribution is -0.121. The van der Waals surface area contributed by atoms with E-state index in [0.29, 0.717) is 13.0 Å². The molecule has 1 aliphatic carbocycles. The van der Waals surface area contributed by atoms with Crippen LogP contribution in [0, 0.1) is 0 Å². The Morgan fingerprint density at radius 1 is 1.26 bits per heavy atom. The van der Waals surface area contributed by atoms with Gasteiger partial charge in [-0.3, -0.25) is 9.69 Å². The topological polar surface area (TPSA) is 58.4 Å². The summed E-state index contributed by atoms with van der Waals surface area (Å²) in [6, 6.07) is 0. The zero-order valence-corrected chi connectivity index (χ0v) is 13.2. The Balaban J connectivity index is 0.00000180. The first-order valence-electron chi connectivity index (χ1n) is 7.06. The fourth-order valence-corrected chi connectivity index (χ4v) is 4.06. The normalized spacial score (nSPS) is 22.8. The van der Waals surface area contributed by atoms with Crippen LogP contribution < -0.4 is 11.1 Å². The van der Waals surface area contributed by atoms with Crippen molar-refractivity contribution in [3.8, 4) is 0 Å². The van der Waals surface area contributed by atoms with Gasteiger partial charge in [0, 0.05) is 49.6 Å². The zero-order chi connectivity index (χ0) is 12.8. The quantitative estimate of drug-likeness (QED) is 0.802. The fourth-order valence-electron chi connectivity index (χ4n) is 3.16. The molecule has 112 valence electrons. The number of hydrogen-bond donors (Lipinski definition) is 2. The van der Waals surface area contributed by atoms with Crippen molar-refractivity contribution >= 4 is 30.1 Å². The second-order valence-corrected chi connectivity index (χ2v) is 6.57. The smallest absolute Gasteiger partial charge is 0.221 e. The van der Waals surface area contributed by atoms with E-state index in [9.17, 15) is 4.79 Å². The molecule has 0 radical (unpaired) electrons. The molecule has 1 saturated heterocycles. The number of nitrogens with two attached hydrogens (primary N) is 1. The second-order valence-electron chi connectivity index (χ2n) is 5.35. The molecule has 2 fully saturated rings. The Morgan fingerprint density at radius 2 is 1.89 bits per heavy atom. The minimum absolute atomic E-state index is 0. The standard InChI is InChI=1S/C13H25N3OS.ClH/c14-6-3-12(17)15-11-13(4-1-2-5-13)16-7-9-18-10-8-16;/h1-11,14H2,(H,15,17);1H. The van der Waals surface area contributed by atoms with E-state index in [1.165, 1.54) is 50.3 Å². The Hall–Kier alpha value is 0.0300. The van der Waals surface area contributed by atoms with Gasteiger partial charge in [-0.25, -0.2) is 0 Å². The third kappa shape index (κ3) is 4.52. The number of nitrogens with zero attached hydrogens (tertiary/aromatic N) is 1. The van der Waals surface area contributed by atoms with E-state index in [2.05, 4.69) is 10.2 Å². The van der Waals surface area contributed by atoms with Crippen LogP contribution in [0.15, 0.2) is 0 Å². The van der Waals surface area contributed by atoms with E-state index in [0.717, 1.165) is 6.54 Å². The van der Waals surface area contributed by atoms with Crippen molar-refractivity contribution in [2.24, 2.45) is 5.73 Å². The number of carbonyl (C=O) groups is 1. The third-order valence-electron chi connectivity index (χ3n) is 4.20. The van der Waals surface area contributed by atoms with Crippen molar-refractivity contribution in [1.29, 1.82) is 0 Å². The summed E-state index contributed by atoms with van der Waals surface area (Å²) in [5, 5.41) is 3.10. The van der Waals surface area contributed by atoms with E-state index in [-0.39, 0.29) is 23.9 Å². The van der Waals surface area contributed by atoms with Crippen molar-refractivity contribution < 1.29 is 4.79 Å². The largest absolute Gasteiger partial charge is 0.354 e. The maximum absolute atomic E-state index is 11.6. The average molecular weight is 308 g/mol. The van der Waals surface area contributed by atoms with Gasteiger partial charge in [0.1, 0.15) is 0 Å². The highest BCUT2D eigenvalue weighted by molar-refractivity contribution is 7.99. The van der Waals surface area contributed by atoms with Crippen LogP contribution in [0.3, 0.4) is 0 Å². The maximum Gasteiger partial charge on any atom is 0.221 e. The highest BCUT2D eigenvalue weighted by Crippen LogP contribution is 2.36. The number of nitrogens with one attached hydrogen (secondary N) is 1. The summed E-state index contributed by atoms with van der Waals surface area (Å²) in [4.78, 5) is 14.2. The fraction of sp³-hybridized carbons (Fsp3) is 0.923. The Morgan fingerprint density at radius 3 is 2.47 bits per heavy atom. The molecule has 1 amide bonds. The van der Waals surface area contributed by atoms with Gasteiger partial charge >= 0.3 is 0 Å². The van der Waals surface area contributed by atoms with E-state index < -0.39 is 0 Å². The first-order valence-corrected chi connectivity index (χ1v) is 8.22. The molecule has 0 spiro atoms. The van der Waals surface area contributed by atoms with Crippen LogP contribution in [0.4, 0.5) is 0 Å². The lowest BCUT2D eigenvalue weighted by Gasteiger charge is -2.43. The number of amides is 1. The highest BCUT2D eigenvalue weighted by atomic mass is 35.5. The molecule has 0 aromatic carbocycles. The minimum Gasteiger partial charge on any atom is -0.354 e. The molecule has 0 atom stereocenters. The number of carbonyl (C=O) groups excluding carboxylic acids is 1. The molecule has 1 heterocycles. The van der Waals surface area contributed by atoms with Gasteiger partial charge in [-0.2, -0.15) is 11.8 Å². The van der Waals surface area contributed by atoms with E-state index in [4.69, 9.17) is 5.73 Å². The summed E-state index contributed by atoms with van der Waals surface area (Å²) in [5.41, 5.74) is 5.66. The molecule has 2 rings (SSSR count). The van der Waals surface area contributed by atoms with Crippen LogP contribution in [0.2, 0.25) is 0 Å². The Kier molecular flexibility index (Phi) is 7.50. The predicted octanol–water partition coefficient (Wildman–Crippen LogP) is 1.23. The Labute approximate surface area is 126 Å². The lowest BCUT2D eigenvalue weighted by atomic mass is 9.94. The maximum atomic E-state index is 11.6. The summed E-state index contributed by atoms with van der Waals surface area (Å²) in [6.07, 6.45) is 5.53. The van der Waals surface area contributed by atoms with Crippen molar-refractivity contribution in [3.05, 3.63) is 0 Å². The number of halogens is 1. The van der Waals surface area contributed by atoms with E-state index in [1.54, 1.807) is 0 Å². The summed E-state index contributed by atoms with van der Waals surface area (Å²) in [5.74, 6) is 2.58. The molecule has 1 aliphatic heterocycles. The predicted molar refractivity (Wildman–Crippen MR) is 84.0 cm³/mol. The molecule has 0 aromatic heterocycles. The number of hydrogen-bond acceptors (Lipinski definition) is 4. The molecule has 2 aliphatic rings. The van der Waals surface area contributed by atoms with Crippen molar-refractivity contribution in [3.63, 3.8) is 0 Å². The van der Waals surface area contributed by atoms with Crippen LogP contribution in [-0.2, 0) is 4.79 Å².